The second-order valence-corrected chi connectivity index (χ2v) is 5.02. The van der Waals surface area contributed by atoms with Gasteiger partial charge < -0.3 is 5.32 Å². The Morgan fingerprint density at radius 2 is 2.11 bits per heavy atom. The second-order valence-electron chi connectivity index (χ2n) is 3.97. The molecule has 18 heavy (non-hydrogen) atoms. The molecule has 0 radical (unpaired) electrons. The maximum atomic E-state index is 10.5. The van der Waals surface area contributed by atoms with Crippen LogP contribution >= 0.6 is 11.8 Å². The van der Waals surface area contributed by atoms with Crippen molar-refractivity contribution in [3.05, 3.63) is 46.5 Å². The van der Waals surface area contributed by atoms with E-state index in [1.165, 1.54) is 12.1 Å². The standard InChI is InChI=1S/C13H18N2O2S/c1-3-8-14-9-11(2)10-18-13-6-4-12(5-7-13)15(16)17/h4-7,14H,2-3,8-10H2,1H3. The van der Waals surface area contributed by atoms with E-state index in [1.807, 2.05) is 0 Å². The Balaban J connectivity index is 2.34. The molecule has 98 valence electrons. The molecule has 0 saturated heterocycles. The van der Waals surface area contributed by atoms with E-state index in [1.54, 1.807) is 23.9 Å². The highest BCUT2D eigenvalue weighted by Gasteiger charge is 2.04. The molecular formula is C13H18N2O2S. The van der Waals surface area contributed by atoms with E-state index in [2.05, 4.69) is 18.8 Å². The fraction of sp³-hybridized carbons (Fsp3) is 0.385. The third kappa shape index (κ3) is 5.33. The summed E-state index contributed by atoms with van der Waals surface area (Å²) < 4.78 is 0. The van der Waals surface area contributed by atoms with Gasteiger partial charge in [0.2, 0.25) is 0 Å². The minimum absolute atomic E-state index is 0.128. The van der Waals surface area contributed by atoms with Gasteiger partial charge in [-0.3, -0.25) is 10.1 Å². The normalized spacial score (nSPS) is 10.3. The van der Waals surface area contributed by atoms with Crippen LogP contribution in [0.2, 0.25) is 0 Å². The van der Waals surface area contributed by atoms with Crippen LogP contribution in [0.25, 0.3) is 0 Å². The summed E-state index contributed by atoms with van der Waals surface area (Å²) in [6, 6.07) is 6.60. The summed E-state index contributed by atoms with van der Waals surface area (Å²) in [6.07, 6.45) is 1.11. The van der Waals surface area contributed by atoms with E-state index in [0.717, 1.165) is 35.7 Å². The molecule has 1 N–H and O–H groups in total. The molecule has 0 atom stereocenters. The van der Waals surface area contributed by atoms with Crippen molar-refractivity contribution in [2.75, 3.05) is 18.8 Å². The van der Waals surface area contributed by atoms with Crippen LogP contribution in [0.1, 0.15) is 13.3 Å². The van der Waals surface area contributed by atoms with Crippen LogP contribution in [0.3, 0.4) is 0 Å². The highest BCUT2D eigenvalue weighted by atomic mass is 32.2. The van der Waals surface area contributed by atoms with Crippen molar-refractivity contribution in [3.63, 3.8) is 0 Å². The van der Waals surface area contributed by atoms with Gasteiger partial charge in [-0.2, -0.15) is 0 Å². The molecular weight excluding hydrogens is 248 g/mol. The lowest BCUT2D eigenvalue weighted by molar-refractivity contribution is -0.384. The predicted molar refractivity (Wildman–Crippen MR) is 76.1 cm³/mol. The fourth-order valence-corrected chi connectivity index (χ4v) is 2.14. The van der Waals surface area contributed by atoms with Crippen LogP contribution < -0.4 is 5.32 Å². The van der Waals surface area contributed by atoms with E-state index in [0.29, 0.717) is 0 Å². The zero-order valence-corrected chi connectivity index (χ0v) is 11.3. The number of non-ortho nitro benzene ring substituents is 1. The Bertz CT molecular complexity index is 404. The maximum absolute atomic E-state index is 10.5. The molecule has 0 aromatic heterocycles. The maximum Gasteiger partial charge on any atom is 0.269 e. The van der Waals surface area contributed by atoms with Crippen LogP contribution in [0.15, 0.2) is 41.3 Å². The molecule has 0 aliphatic heterocycles. The van der Waals surface area contributed by atoms with E-state index in [9.17, 15) is 10.1 Å². The number of thioether (sulfide) groups is 1. The van der Waals surface area contributed by atoms with Crippen molar-refractivity contribution in [1.82, 2.24) is 5.32 Å². The summed E-state index contributed by atoms with van der Waals surface area (Å²) >= 11 is 1.64. The first-order valence-electron chi connectivity index (χ1n) is 5.88. The summed E-state index contributed by atoms with van der Waals surface area (Å²) in [5.74, 6) is 0.828. The summed E-state index contributed by atoms with van der Waals surface area (Å²) in [5.41, 5.74) is 1.26. The number of hydrogen-bond donors (Lipinski definition) is 1. The SMILES string of the molecule is C=C(CNCCC)CSc1ccc([N+](=O)[O-])cc1. The van der Waals surface area contributed by atoms with E-state index >= 15 is 0 Å². The van der Waals surface area contributed by atoms with Gasteiger partial charge in [-0.05, 0) is 25.1 Å². The lowest BCUT2D eigenvalue weighted by atomic mass is 10.3. The van der Waals surface area contributed by atoms with Crippen molar-refractivity contribution in [3.8, 4) is 0 Å². The first-order chi connectivity index (χ1) is 8.63. The van der Waals surface area contributed by atoms with Crippen molar-refractivity contribution in [1.29, 1.82) is 0 Å². The molecule has 0 bridgehead atoms. The molecule has 0 saturated carbocycles. The lowest BCUT2D eigenvalue weighted by Gasteiger charge is -2.06. The molecule has 4 nitrogen and oxygen atoms in total. The zero-order valence-electron chi connectivity index (χ0n) is 10.5. The summed E-state index contributed by atoms with van der Waals surface area (Å²) in [7, 11) is 0. The predicted octanol–water partition coefficient (Wildman–Crippen LogP) is 3.24. The summed E-state index contributed by atoms with van der Waals surface area (Å²) in [6.45, 7) is 7.95. The van der Waals surface area contributed by atoms with Gasteiger partial charge in [0, 0.05) is 29.3 Å². The lowest BCUT2D eigenvalue weighted by Crippen LogP contribution is -2.18. The number of nitro groups is 1. The quantitative estimate of drug-likeness (QED) is 0.258. The Labute approximate surface area is 112 Å². The smallest absolute Gasteiger partial charge is 0.269 e. The van der Waals surface area contributed by atoms with E-state index < -0.39 is 0 Å². The highest BCUT2D eigenvalue weighted by molar-refractivity contribution is 7.99. The summed E-state index contributed by atoms with van der Waals surface area (Å²) in [5, 5.41) is 13.8. The molecule has 0 amide bonds. The molecule has 1 rings (SSSR count). The summed E-state index contributed by atoms with van der Waals surface area (Å²) in [4.78, 5) is 11.1. The monoisotopic (exact) mass is 266 g/mol. The van der Waals surface area contributed by atoms with Gasteiger partial charge in [0.05, 0.1) is 4.92 Å². The molecule has 0 aliphatic carbocycles. The molecule has 5 heteroatoms. The number of hydrogen-bond acceptors (Lipinski definition) is 4. The van der Waals surface area contributed by atoms with Crippen LogP contribution in [-0.2, 0) is 0 Å². The number of nitro benzene ring substituents is 1. The number of rotatable bonds is 8. The Morgan fingerprint density at radius 3 is 2.67 bits per heavy atom. The minimum atomic E-state index is -0.387. The van der Waals surface area contributed by atoms with Gasteiger partial charge in [-0.1, -0.05) is 19.1 Å². The van der Waals surface area contributed by atoms with Gasteiger partial charge in [-0.25, -0.2) is 0 Å². The first-order valence-corrected chi connectivity index (χ1v) is 6.86. The van der Waals surface area contributed by atoms with Gasteiger partial charge in [-0.15, -0.1) is 11.8 Å². The average Bonchev–Trinajstić information content (AvgIpc) is 2.37. The molecule has 0 fully saturated rings. The molecule has 1 aromatic carbocycles. The Morgan fingerprint density at radius 1 is 1.44 bits per heavy atom. The number of benzene rings is 1. The van der Waals surface area contributed by atoms with Crippen molar-refractivity contribution in [2.24, 2.45) is 0 Å². The molecule has 1 aromatic rings. The average molecular weight is 266 g/mol. The van der Waals surface area contributed by atoms with Crippen LogP contribution in [0.5, 0.6) is 0 Å². The second kappa shape index (κ2) is 7.89. The van der Waals surface area contributed by atoms with Gasteiger partial charge in [0.25, 0.3) is 5.69 Å². The molecule has 0 heterocycles. The van der Waals surface area contributed by atoms with Crippen molar-refractivity contribution < 1.29 is 4.92 Å². The Hall–Kier alpha value is -1.33. The fourth-order valence-electron chi connectivity index (χ4n) is 1.34. The Kier molecular flexibility index (Phi) is 6.46. The van der Waals surface area contributed by atoms with Gasteiger partial charge in [0.15, 0.2) is 0 Å². The third-order valence-electron chi connectivity index (χ3n) is 2.29. The minimum Gasteiger partial charge on any atom is -0.313 e. The van der Waals surface area contributed by atoms with Crippen LogP contribution in [0, 0.1) is 10.1 Å². The van der Waals surface area contributed by atoms with Crippen LogP contribution in [0.4, 0.5) is 5.69 Å². The first kappa shape index (κ1) is 14.7. The van der Waals surface area contributed by atoms with Crippen molar-refractivity contribution >= 4 is 17.4 Å². The highest BCUT2D eigenvalue weighted by Crippen LogP contribution is 2.22. The largest absolute Gasteiger partial charge is 0.313 e. The molecule has 0 unspecified atom stereocenters. The third-order valence-corrected chi connectivity index (χ3v) is 3.45. The van der Waals surface area contributed by atoms with Gasteiger partial charge in [0.1, 0.15) is 0 Å². The van der Waals surface area contributed by atoms with Crippen molar-refractivity contribution in [2.45, 2.75) is 18.2 Å². The van der Waals surface area contributed by atoms with Gasteiger partial charge >= 0.3 is 0 Å². The van der Waals surface area contributed by atoms with Crippen LogP contribution in [-0.4, -0.2) is 23.8 Å². The molecule has 0 spiro atoms. The molecule has 0 aliphatic rings. The topological polar surface area (TPSA) is 55.2 Å². The number of nitrogens with zero attached hydrogens (tertiary/aromatic N) is 1. The van der Waals surface area contributed by atoms with E-state index in [4.69, 9.17) is 0 Å². The number of nitrogens with one attached hydrogen (secondary N) is 1. The van der Waals surface area contributed by atoms with E-state index in [-0.39, 0.29) is 10.6 Å². The zero-order chi connectivity index (χ0) is 13.4.